The molecule has 0 aliphatic carbocycles. The van der Waals surface area contributed by atoms with Crippen molar-refractivity contribution in [2.75, 3.05) is 13.1 Å². The summed E-state index contributed by atoms with van der Waals surface area (Å²) in [5, 5.41) is 0. The van der Waals surface area contributed by atoms with Crippen LogP contribution in [0.1, 0.15) is 25.3 Å². The Morgan fingerprint density at radius 1 is 1.09 bits per heavy atom. The molecule has 4 heterocycles. The fourth-order valence-electron chi connectivity index (χ4n) is 4.04. The third-order valence-electron chi connectivity index (χ3n) is 5.43. The van der Waals surface area contributed by atoms with E-state index in [1.54, 1.807) is 0 Å². The molecule has 3 aliphatic heterocycles. The van der Waals surface area contributed by atoms with Crippen LogP contribution in [0.25, 0.3) is 11.1 Å². The molecule has 1 aromatic carbocycles. The average Bonchev–Trinajstić information content (AvgIpc) is 2.59. The summed E-state index contributed by atoms with van der Waals surface area (Å²) >= 11 is 0. The van der Waals surface area contributed by atoms with Crippen molar-refractivity contribution in [1.82, 2.24) is 9.88 Å². The summed E-state index contributed by atoms with van der Waals surface area (Å²) in [6.07, 6.45) is 4.73. The summed E-state index contributed by atoms with van der Waals surface area (Å²) in [5.74, 6) is 1.44. The molecule has 2 bridgehead atoms. The second-order valence-electron chi connectivity index (χ2n) is 6.95. The lowest BCUT2D eigenvalue weighted by molar-refractivity contribution is -0.0525. The lowest BCUT2D eigenvalue weighted by atomic mass is 9.81. The molecule has 23 heavy (non-hydrogen) atoms. The molecule has 2 atom stereocenters. The molecule has 0 spiro atoms. The minimum absolute atomic E-state index is 0.287. The topological polar surface area (TPSA) is 25.4 Å². The lowest BCUT2D eigenvalue weighted by Crippen LogP contribution is -2.58. The van der Waals surface area contributed by atoms with E-state index in [4.69, 9.17) is 4.74 Å². The predicted octanol–water partition coefficient (Wildman–Crippen LogP) is 3.92. The molecule has 3 fully saturated rings. The van der Waals surface area contributed by atoms with Gasteiger partial charge in [0.15, 0.2) is 0 Å². The number of benzene rings is 1. The van der Waals surface area contributed by atoms with Crippen LogP contribution in [-0.4, -0.2) is 35.1 Å². The van der Waals surface area contributed by atoms with Gasteiger partial charge in [0.25, 0.3) is 0 Å². The van der Waals surface area contributed by atoms with E-state index in [1.165, 1.54) is 37.1 Å². The number of nitrogens with zero attached hydrogens (tertiary/aromatic N) is 2. The number of aryl methyl sites for hydroxylation is 1. The number of hydrogen-bond acceptors (Lipinski definition) is 3. The first-order chi connectivity index (χ1) is 11.2. The van der Waals surface area contributed by atoms with Gasteiger partial charge in [0.05, 0.1) is 0 Å². The highest BCUT2D eigenvalue weighted by molar-refractivity contribution is 5.63. The van der Waals surface area contributed by atoms with E-state index in [2.05, 4.69) is 54.1 Å². The van der Waals surface area contributed by atoms with Crippen molar-refractivity contribution >= 4 is 0 Å². The van der Waals surface area contributed by atoms with Gasteiger partial charge in [0.2, 0.25) is 5.88 Å². The van der Waals surface area contributed by atoms with Gasteiger partial charge in [-0.1, -0.05) is 29.8 Å². The van der Waals surface area contributed by atoms with Gasteiger partial charge in [-0.2, -0.15) is 0 Å². The number of ether oxygens (including phenoxy) is 1. The molecule has 5 rings (SSSR count). The van der Waals surface area contributed by atoms with E-state index in [0.717, 1.165) is 11.4 Å². The van der Waals surface area contributed by atoms with Gasteiger partial charge in [0, 0.05) is 23.9 Å². The van der Waals surface area contributed by atoms with Crippen molar-refractivity contribution in [3.05, 3.63) is 48.2 Å². The molecule has 3 nitrogen and oxygen atoms in total. The van der Waals surface area contributed by atoms with E-state index in [9.17, 15) is 0 Å². The van der Waals surface area contributed by atoms with Crippen molar-refractivity contribution in [3.63, 3.8) is 0 Å². The first-order valence-electron chi connectivity index (χ1n) is 8.64. The molecule has 0 amide bonds. The summed E-state index contributed by atoms with van der Waals surface area (Å²) in [4.78, 5) is 7.10. The largest absolute Gasteiger partial charge is 0.472 e. The average molecular weight is 308 g/mol. The van der Waals surface area contributed by atoms with Gasteiger partial charge in [0.1, 0.15) is 6.10 Å². The standard InChI is InChI=1S/C20H24N2O/c1-14-4-3-5-17(12-14)18-6-7-19(21-13-18)23-20-15(2)22-10-8-16(20)9-11-22/h3-7,12-13,15-16,20H,8-11H2,1-2H3/t15-,20-/m0/s1. The second kappa shape index (κ2) is 5.97. The van der Waals surface area contributed by atoms with E-state index < -0.39 is 0 Å². The Kier molecular flexibility index (Phi) is 3.82. The lowest BCUT2D eigenvalue weighted by Gasteiger charge is -2.49. The van der Waals surface area contributed by atoms with Gasteiger partial charge in [-0.05, 0) is 57.3 Å². The number of fused-ring (bicyclic) bond motifs is 3. The Balaban J connectivity index is 1.50. The number of aromatic nitrogens is 1. The van der Waals surface area contributed by atoms with Gasteiger partial charge < -0.3 is 4.74 Å². The number of piperidine rings is 3. The molecule has 3 saturated heterocycles. The second-order valence-corrected chi connectivity index (χ2v) is 6.95. The molecular formula is C20H24N2O. The van der Waals surface area contributed by atoms with Crippen molar-refractivity contribution in [2.45, 2.75) is 38.8 Å². The van der Waals surface area contributed by atoms with Crippen LogP contribution < -0.4 is 4.74 Å². The van der Waals surface area contributed by atoms with Crippen LogP contribution in [0.4, 0.5) is 0 Å². The summed E-state index contributed by atoms with van der Waals surface area (Å²) < 4.78 is 6.26. The SMILES string of the molecule is Cc1cccc(-c2ccc(O[C@@H]3C4CCN(CC4)[C@H]3C)nc2)c1. The normalized spacial score (nSPS) is 29.5. The minimum atomic E-state index is 0.287. The zero-order valence-electron chi connectivity index (χ0n) is 13.9. The van der Waals surface area contributed by atoms with E-state index in [-0.39, 0.29) is 6.10 Å². The maximum atomic E-state index is 6.26. The molecule has 2 aromatic rings. The molecular weight excluding hydrogens is 284 g/mol. The minimum Gasteiger partial charge on any atom is -0.472 e. The molecule has 3 heteroatoms. The Morgan fingerprint density at radius 3 is 2.57 bits per heavy atom. The first kappa shape index (κ1) is 14.7. The zero-order valence-corrected chi connectivity index (χ0v) is 13.9. The highest BCUT2D eigenvalue weighted by Crippen LogP contribution is 2.34. The fraction of sp³-hybridized carbons (Fsp3) is 0.450. The predicted molar refractivity (Wildman–Crippen MR) is 92.6 cm³/mol. The van der Waals surface area contributed by atoms with Crippen LogP contribution in [0.3, 0.4) is 0 Å². The maximum Gasteiger partial charge on any atom is 0.213 e. The van der Waals surface area contributed by atoms with Crippen molar-refractivity contribution in [1.29, 1.82) is 0 Å². The van der Waals surface area contributed by atoms with E-state index in [1.807, 2.05) is 12.3 Å². The third kappa shape index (κ3) is 2.86. The van der Waals surface area contributed by atoms with Gasteiger partial charge >= 0.3 is 0 Å². The maximum absolute atomic E-state index is 6.26. The molecule has 0 N–H and O–H groups in total. The van der Waals surface area contributed by atoms with Gasteiger partial charge in [-0.25, -0.2) is 4.98 Å². The Labute approximate surface area is 138 Å². The fourth-order valence-corrected chi connectivity index (χ4v) is 4.04. The first-order valence-corrected chi connectivity index (χ1v) is 8.64. The molecule has 0 unspecified atom stereocenters. The highest BCUT2D eigenvalue weighted by Gasteiger charge is 2.41. The van der Waals surface area contributed by atoms with Crippen LogP contribution in [0.15, 0.2) is 42.6 Å². The summed E-state index contributed by atoms with van der Waals surface area (Å²) in [5.41, 5.74) is 3.62. The highest BCUT2D eigenvalue weighted by atomic mass is 16.5. The third-order valence-corrected chi connectivity index (χ3v) is 5.43. The number of hydrogen-bond donors (Lipinski definition) is 0. The zero-order chi connectivity index (χ0) is 15.8. The van der Waals surface area contributed by atoms with Crippen LogP contribution >= 0.6 is 0 Å². The summed E-state index contributed by atoms with van der Waals surface area (Å²) in [7, 11) is 0. The quantitative estimate of drug-likeness (QED) is 0.859. The molecule has 0 radical (unpaired) electrons. The van der Waals surface area contributed by atoms with Crippen molar-refractivity contribution in [2.24, 2.45) is 5.92 Å². The van der Waals surface area contributed by atoms with Gasteiger partial charge in [-0.3, -0.25) is 4.90 Å². The van der Waals surface area contributed by atoms with E-state index in [0.29, 0.717) is 12.0 Å². The van der Waals surface area contributed by atoms with Crippen LogP contribution in [0.5, 0.6) is 5.88 Å². The van der Waals surface area contributed by atoms with Crippen molar-refractivity contribution in [3.8, 4) is 17.0 Å². The van der Waals surface area contributed by atoms with Crippen molar-refractivity contribution < 1.29 is 4.74 Å². The smallest absolute Gasteiger partial charge is 0.213 e. The van der Waals surface area contributed by atoms with Crippen LogP contribution in [0, 0.1) is 12.8 Å². The molecule has 0 saturated carbocycles. The molecule has 120 valence electrons. The number of pyridine rings is 1. The summed E-state index contributed by atoms with van der Waals surface area (Å²) in [6.45, 7) is 6.86. The Bertz CT molecular complexity index is 672. The molecule has 3 aliphatic rings. The summed E-state index contributed by atoms with van der Waals surface area (Å²) in [6, 6.07) is 13.1. The molecule has 1 aromatic heterocycles. The Morgan fingerprint density at radius 2 is 1.91 bits per heavy atom. The monoisotopic (exact) mass is 308 g/mol. The van der Waals surface area contributed by atoms with E-state index >= 15 is 0 Å². The van der Waals surface area contributed by atoms with Crippen LogP contribution in [0.2, 0.25) is 0 Å². The number of rotatable bonds is 3. The van der Waals surface area contributed by atoms with Crippen LogP contribution in [-0.2, 0) is 0 Å². The van der Waals surface area contributed by atoms with Gasteiger partial charge in [-0.15, -0.1) is 0 Å². The Hall–Kier alpha value is -1.87.